The number of sulfonamides is 1. The molecule has 7 N–H and O–H groups in total. The lowest BCUT2D eigenvalue weighted by atomic mass is 10.1. The number of para-hydroxylation sites is 1. The number of nitrogens with two attached hydrogens (primary N) is 3. The average molecular weight is 272 g/mol. The van der Waals surface area contributed by atoms with Crippen LogP contribution in [-0.2, 0) is 10.0 Å². The van der Waals surface area contributed by atoms with E-state index in [9.17, 15) is 13.2 Å². The molecule has 0 aromatic heterocycles. The van der Waals surface area contributed by atoms with Crippen LogP contribution in [0.25, 0.3) is 0 Å². The summed E-state index contributed by atoms with van der Waals surface area (Å²) in [4.78, 5) is 11.2. The van der Waals surface area contributed by atoms with Gasteiger partial charge in [-0.15, -0.1) is 0 Å². The van der Waals surface area contributed by atoms with Gasteiger partial charge in [-0.05, 0) is 18.6 Å². The number of primary amides is 1. The van der Waals surface area contributed by atoms with Gasteiger partial charge in [-0.1, -0.05) is 6.07 Å². The third-order valence-corrected chi connectivity index (χ3v) is 3.13. The molecule has 0 aliphatic rings. The van der Waals surface area contributed by atoms with E-state index in [0.717, 1.165) is 0 Å². The topological polar surface area (TPSA) is 141 Å². The highest BCUT2D eigenvalue weighted by Gasteiger charge is 2.10. The number of hydrogen-bond donors (Lipinski definition) is 4. The van der Waals surface area contributed by atoms with Crippen molar-refractivity contribution in [1.82, 2.24) is 0 Å². The van der Waals surface area contributed by atoms with E-state index in [1.807, 2.05) is 0 Å². The molecule has 0 fully saturated rings. The fourth-order valence-electron chi connectivity index (χ4n) is 1.46. The summed E-state index contributed by atoms with van der Waals surface area (Å²) in [6.45, 7) is 0.324. The zero-order valence-electron chi connectivity index (χ0n) is 9.72. The second-order valence-corrected chi connectivity index (χ2v) is 5.52. The quantitative estimate of drug-likeness (QED) is 0.406. The van der Waals surface area contributed by atoms with Crippen LogP contribution in [0.15, 0.2) is 18.2 Å². The van der Waals surface area contributed by atoms with Gasteiger partial charge in [0.2, 0.25) is 10.0 Å². The molecule has 0 spiro atoms. The maximum Gasteiger partial charge on any atom is 0.250 e. The summed E-state index contributed by atoms with van der Waals surface area (Å²) in [6.07, 6.45) is 0.311. The Balaban J connectivity index is 2.70. The lowest BCUT2D eigenvalue weighted by molar-refractivity contribution is 0.100. The van der Waals surface area contributed by atoms with Crippen molar-refractivity contribution in [1.29, 1.82) is 0 Å². The molecule has 8 heteroatoms. The van der Waals surface area contributed by atoms with E-state index in [2.05, 4.69) is 5.32 Å². The lowest BCUT2D eigenvalue weighted by Crippen LogP contribution is -2.20. The molecule has 100 valence electrons. The molecule has 0 radical (unpaired) electrons. The Morgan fingerprint density at radius 1 is 1.33 bits per heavy atom. The molecular formula is C10H16N4O3S. The fraction of sp³-hybridized carbons (Fsp3) is 0.300. The normalized spacial score (nSPS) is 11.2. The summed E-state index contributed by atoms with van der Waals surface area (Å²) in [5.41, 5.74) is 12.0. The smallest absolute Gasteiger partial charge is 0.250 e. The molecule has 1 aromatic rings. The van der Waals surface area contributed by atoms with Gasteiger partial charge in [0.25, 0.3) is 5.91 Å². The van der Waals surface area contributed by atoms with E-state index in [-0.39, 0.29) is 11.3 Å². The van der Waals surface area contributed by atoms with Crippen LogP contribution in [0.4, 0.5) is 11.4 Å². The van der Waals surface area contributed by atoms with Crippen LogP contribution in [0.3, 0.4) is 0 Å². The minimum absolute atomic E-state index is 0.140. The maximum absolute atomic E-state index is 11.2. The first-order chi connectivity index (χ1) is 8.31. The van der Waals surface area contributed by atoms with Crippen LogP contribution in [0.1, 0.15) is 16.8 Å². The molecule has 0 aliphatic carbocycles. The highest BCUT2D eigenvalue weighted by molar-refractivity contribution is 7.89. The van der Waals surface area contributed by atoms with E-state index in [1.54, 1.807) is 18.2 Å². The molecule has 1 amide bonds. The lowest BCUT2D eigenvalue weighted by Gasteiger charge is -2.12. The fourth-order valence-corrected chi connectivity index (χ4v) is 2.01. The van der Waals surface area contributed by atoms with Crippen LogP contribution in [0.2, 0.25) is 0 Å². The summed E-state index contributed by atoms with van der Waals surface area (Å²) < 4.78 is 21.5. The number of hydrogen-bond acceptors (Lipinski definition) is 5. The Bertz CT molecular complexity index is 542. The van der Waals surface area contributed by atoms with Crippen LogP contribution in [0.5, 0.6) is 0 Å². The van der Waals surface area contributed by atoms with Crippen molar-refractivity contribution in [3.63, 3.8) is 0 Å². The molecule has 0 saturated heterocycles. The molecule has 1 rings (SSSR count). The molecule has 18 heavy (non-hydrogen) atoms. The Labute approximate surface area is 105 Å². The molecule has 0 bridgehead atoms. The summed E-state index contributed by atoms with van der Waals surface area (Å²) in [5, 5.41) is 7.76. The number of anilines is 2. The molecule has 1 aromatic carbocycles. The van der Waals surface area contributed by atoms with Gasteiger partial charge in [0.1, 0.15) is 0 Å². The van der Waals surface area contributed by atoms with Crippen LogP contribution >= 0.6 is 0 Å². The van der Waals surface area contributed by atoms with Crippen molar-refractivity contribution < 1.29 is 13.2 Å². The first kappa shape index (κ1) is 14.3. The first-order valence-electron chi connectivity index (χ1n) is 5.24. The van der Waals surface area contributed by atoms with E-state index < -0.39 is 15.9 Å². The van der Waals surface area contributed by atoms with Gasteiger partial charge in [-0.3, -0.25) is 4.79 Å². The number of nitrogen functional groups attached to an aromatic ring is 1. The number of primary sulfonamides is 1. The molecule has 0 heterocycles. The summed E-state index contributed by atoms with van der Waals surface area (Å²) in [7, 11) is -3.48. The number of nitrogens with one attached hydrogen (secondary N) is 1. The zero-order chi connectivity index (χ0) is 13.8. The van der Waals surface area contributed by atoms with Crippen molar-refractivity contribution >= 4 is 27.3 Å². The average Bonchev–Trinajstić information content (AvgIpc) is 2.24. The number of carbonyl (C=O) groups excluding carboxylic acids is 1. The third kappa shape index (κ3) is 4.22. The predicted octanol–water partition coefficient (Wildman–Crippen LogP) is -0.542. The number of benzene rings is 1. The number of carbonyl (C=O) groups is 1. The zero-order valence-corrected chi connectivity index (χ0v) is 10.5. The van der Waals surface area contributed by atoms with Crippen molar-refractivity contribution in [3.8, 4) is 0 Å². The van der Waals surface area contributed by atoms with Gasteiger partial charge in [-0.2, -0.15) is 0 Å². The largest absolute Gasteiger partial charge is 0.397 e. The standard InChI is InChI=1S/C10H16N4O3S/c11-8-4-1-3-7(10(12)15)9(8)14-5-2-6-18(13,16)17/h1,3-4,14H,2,5-6,11H2,(H2,12,15)(H2,13,16,17). The number of amides is 1. The monoisotopic (exact) mass is 272 g/mol. The highest BCUT2D eigenvalue weighted by atomic mass is 32.2. The highest BCUT2D eigenvalue weighted by Crippen LogP contribution is 2.22. The summed E-state index contributed by atoms with van der Waals surface area (Å²) in [6, 6.07) is 4.78. The summed E-state index contributed by atoms with van der Waals surface area (Å²) in [5.74, 6) is -0.741. The van der Waals surface area contributed by atoms with Gasteiger partial charge < -0.3 is 16.8 Å². The van der Waals surface area contributed by atoms with Crippen LogP contribution < -0.4 is 21.9 Å². The van der Waals surface area contributed by atoms with Gasteiger partial charge >= 0.3 is 0 Å². The first-order valence-corrected chi connectivity index (χ1v) is 6.95. The molecule has 0 saturated carbocycles. The Morgan fingerprint density at radius 3 is 2.56 bits per heavy atom. The van der Waals surface area contributed by atoms with Crippen molar-refractivity contribution in [2.75, 3.05) is 23.3 Å². The molecular weight excluding hydrogens is 256 g/mol. The van der Waals surface area contributed by atoms with Gasteiger partial charge in [0.15, 0.2) is 0 Å². The Kier molecular flexibility index (Phi) is 4.51. The van der Waals surface area contributed by atoms with E-state index in [4.69, 9.17) is 16.6 Å². The van der Waals surface area contributed by atoms with E-state index in [0.29, 0.717) is 24.3 Å². The molecule has 0 atom stereocenters. The van der Waals surface area contributed by atoms with E-state index in [1.165, 1.54) is 0 Å². The Hall–Kier alpha value is -1.80. The maximum atomic E-state index is 11.2. The second-order valence-electron chi connectivity index (χ2n) is 3.78. The third-order valence-electron chi connectivity index (χ3n) is 2.27. The van der Waals surface area contributed by atoms with Crippen molar-refractivity contribution in [3.05, 3.63) is 23.8 Å². The SMILES string of the molecule is NC(=O)c1cccc(N)c1NCCCS(N)(=O)=O. The number of rotatable bonds is 6. The van der Waals surface area contributed by atoms with E-state index >= 15 is 0 Å². The second kappa shape index (κ2) is 5.69. The van der Waals surface area contributed by atoms with Crippen LogP contribution in [-0.4, -0.2) is 26.6 Å². The molecule has 0 unspecified atom stereocenters. The Morgan fingerprint density at radius 2 is 2.00 bits per heavy atom. The van der Waals surface area contributed by atoms with Gasteiger partial charge in [-0.25, -0.2) is 13.6 Å². The van der Waals surface area contributed by atoms with Gasteiger partial charge in [0, 0.05) is 6.54 Å². The van der Waals surface area contributed by atoms with Crippen molar-refractivity contribution in [2.45, 2.75) is 6.42 Å². The minimum atomic E-state index is -3.48. The predicted molar refractivity (Wildman–Crippen MR) is 70.5 cm³/mol. The summed E-state index contributed by atoms with van der Waals surface area (Å²) >= 11 is 0. The molecule has 7 nitrogen and oxygen atoms in total. The van der Waals surface area contributed by atoms with Gasteiger partial charge in [0.05, 0.1) is 22.7 Å². The molecule has 0 aliphatic heterocycles. The van der Waals surface area contributed by atoms with Crippen LogP contribution in [0, 0.1) is 0 Å². The minimum Gasteiger partial charge on any atom is -0.397 e. The van der Waals surface area contributed by atoms with Crippen molar-refractivity contribution in [2.24, 2.45) is 10.9 Å².